The lowest BCUT2D eigenvalue weighted by Crippen LogP contribution is -2.25. The van der Waals surface area contributed by atoms with Crippen LogP contribution in [0.2, 0.25) is 0 Å². The summed E-state index contributed by atoms with van der Waals surface area (Å²) in [5.74, 6) is 0.521. The molecule has 0 atom stereocenters. The molecule has 1 aliphatic carbocycles. The fraction of sp³-hybridized carbons (Fsp3) is 0.346. The largest absolute Gasteiger partial charge is 0.346 e. The number of pyridine rings is 3. The Bertz CT molecular complexity index is 1330. The van der Waals surface area contributed by atoms with E-state index in [4.69, 9.17) is 0 Å². The van der Waals surface area contributed by atoms with Crippen LogP contribution in [-0.4, -0.2) is 26.2 Å². The van der Waals surface area contributed by atoms with E-state index < -0.39 is 0 Å². The number of imidazole rings is 1. The molecule has 4 heterocycles. The summed E-state index contributed by atoms with van der Waals surface area (Å²) < 4.78 is 3.52. The molecule has 0 aliphatic heterocycles. The first-order chi connectivity index (χ1) is 16.2. The first-order valence-corrected chi connectivity index (χ1v) is 11.7. The zero-order valence-corrected chi connectivity index (χ0v) is 18.7. The van der Waals surface area contributed by atoms with Gasteiger partial charge in [-0.2, -0.15) is 0 Å². The second kappa shape index (κ2) is 9.58. The van der Waals surface area contributed by atoms with Gasteiger partial charge in [0.25, 0.3) is 11.5 Å². The predicted molar refractivity (Wildman–Crippen MR) is 128 cm³/mol. The van der Waals surface area contributed by atoms with Crippen LogP contribution in [0.5, 0.6) is 0 Å². The van der Waals surface area contributed by atoms with E-state index in [-0.39, 0.29) is 11.5 Å². The van der Waals surface area contributed by atoms with Gasteiger partial charge in [0.15, 0.2) is 0 Å². The van der Waals surface area contributed by atoms with Crippen LogP contribution in [0.1, 0.15) is 53.7 Å². The minimum absolute atomic E-state index is 0.226. The van der Waals surface area contributed by atoms with Crippen molar-refractivity contribution in [3.05, 3.63) is 88.2 Å². The predicted octanol–water partition coefficient (Wildman–Crippen LogP) is 3.55. The lowest BCUT2D eigenvalue weighted by molar-refractivity contribution is 0.0950. The number of hydrogen-bond acceptors (Lipinski definition) is 4. The molecule has 33 heavy (non-hydrogen) atoms. The molecule has 5 rings (SSSR count). The molecule has 7 nitrogen and oxygen atoms in total. The summed E-state index contributed by atoms with van der Waals surface area (Å²) in [7, 11) is 0. The lowest BCUT2D eigenvalue weighted by atomic mass is 9.89. The van der Waals surface area contributed by atoms with Crippen LogP contribution < -0.4 is 16.2 Å². The van der Waals surface area contributed by atoms with E-state index in [0.29, 0.717) is 17.6 Å². The fourth-order valence-electron chi connectivity index (χ4n) is 4.67. The number of amides is 1. The van der Waals surface area contributed by atoms with E-state index in [2.05, 4.69) is 27.9 Å². The number of aromatic nitrogens is 3. The van der Waals surface area contributed by atoms with Crippen molar-refractivity contribution < 1.29 is 4.79 Å². The summed E-state index contributed by atoms with van der Waals surface area (Å²) in [5.41, 5.74) is 3.64. The Balaban J connectivity index is 1.20. The standard InChI is InChI=1S/C26H29N5O2/c32-25-13-21(12-23-8-4-5-11-31(23)25)26(33)28-16-22-18-30-17-20(9-10-24(30)29-22)15-27-14-19-6-2-1-3-7-19/h4-5,8-13,17-19,27H,1-3,6-7,14-16H2,(H,28,33). The van der Waals surface area contributed by atoms with Crippen molar-refractivity contribution in [2.45, 2.75) is 45.2 Å². The number of carbonyl (C=O) groups is 1. The van der Waals surface area contributed by atoms with E-state index in [1.165, 1.54) is 48.1 Å². The van der Waals surface area contributed by atoms with Gasteiger partial charge in [-0.1, -0.05) is 31.4 Å². The van der Waals surface area contributed by atoms with Crippen molar-refractivity contribution in [2.75, 3.05) is 6.54 Å². The van der Waals surface area contributed by atoms with Crippen LogP contribution in [0.25, 0.3) is 11.2 Å². The molecule has 4 aromatic heterocycles. The molecule has 0 spiro atoms. The summed E-state index contributed by atoms with van der Waals surface area (Å²) in [4.78, 5) is 29.5. The van der Waals surface area contributed by atoms with Crippen LogP contribution in [-0.2, 0) is 13.1 Å². The van der Waals surface area contributed by atoms with Crippen molar-refractivity contribution in [3.63, 3.8) is 0 Å². The highest BCUT2D eigenvalue weighted by molar-refractivity contribution is 5.95. The Morgan fingerprint density at radius 1 is 1.03 bits per heavy atom. The minimum atomic E-state index is -0.289. The molecule has 0 saturated heterocycles. The van der Waals surface area contributed by atoms with Gasteiger partial charge in [0.1, 0.15) is 5.65 Å². The van der Waals surface area contributed by atoms with Crippen LogP contribution >= 0.6 is 0 Å². The smallest absolute Gasteiger partial charge is 0.255 e. The number of nitrogens with zero attached hydrogens (tertiary/aromatic N) is 3. The van der Waals surface area contributed by atoms with Crippen LogP contribution in [0.4, 0.5) is 0 Å². The van der Waals surface area contributed by atoms with Crippen molar-refractivity contribution in [1.29, 1.82) is 0 Å². The monoisotopic (exact) mass is 443 g/mol. The van der Waals surface area contributed by atoms with Gasteiger partial charge in [0, 0.05) is 42.3 Å². The molecule has 0 radical (unpaired) electrons. The third-order valence-electron chi connectivity index (χ3n) is 6.45. The first kappa shape index (κ1) is 21.4. The SMILES string of the molecule is O=C(NCc1cn2cc(CNCC3CCCCC3)ccc2n1)c1cc(=O)n2ccccc2c1. The summed E-state index contributed by atoms with van der Waals surface area (Å²) in [6.07, 6.45) is 12.5. The zero-order valence-electron chi connectivity index (χ0n) is 18.7. The van der Waals surface area contributed by atoms with Crippen LogP contribution in [0.3, 0.4) is 0 Å². The van der Waals surface area contributed by atoms with E-state index in [9.17, 15) is 9.59 Å². The van der Waals surface area contributed by atoms with Crippen molar-refractivity contribution >= 4 is 17.1 Å². The maximum Gasteiger partial charge on any atom is 0.255 e. The Morgan fingerprint density at radius 2 is 1.91 bits per heavy atom. The molecule has 0 unspecified atom stereocenters. The van der Waals surface area contributed by atoms with Gasteiger partial charge in [-0.05, 0) is 55.1 Å². The quantitative estimate of drug-likeness (QED) is 0.458. The lowest BCUT2D eigenvalue weighted by Gasteiger charge is -2.21. The molecule has 0 bridgehead atoms. The number of carbonyl (C=O) groups excluding carboxylic acids is 1. The number of fused-ring (bicyclic) bond motifs is 2. The highest BCUT2D eigenvalue weighted by Crippen LogP contribution is 2.22. The van der Waals surface area contributed by atoms with Gasteiger partial charge in [0.2, 0.25) is 0 Å². The average Bonchev–Trinajstić information content (AvgIpc) is 3.25. The summed E-state index contributed by atoms with van der Waals surface area (Å²) in [5, 5.41) is 6.48. The summed E-state index contributed by atoms with van der Waals surface area (Å²) in [6, 6.07) is 12.6. The molecule has 170 valence electrons. The van der Waals surface area contributed by atoms with Crippen LogP contribution in [0.15, 0.2) is 65.8 Å². The second-order valence-corrected chi connectivity index (χ2v) is 8.93. The molecular formula is C26H29N5O2. The van der Waals surface area contributed by atoms with Crippen molar-refractivity contribution in [2.24, 2.45) is 5.92 Å². The normalized spacial score (nSPS) is 14.7. The molecule has 1 aliphatic rings. The topological polar surface area (TPSA) is 79.9 Å². The average molecular weight is 444 g/mol. The fourth-order valence-corrected chi connectivity index (χ4v) is 4.67. The Hall–Kier alpha value is -3.45. The third kappa shape index (κ3) is 4.98. The van der Waals surface area contributed by atoms with E-state index in [1.54, 1.807) is 18.3 Å². The van der Waals surface area contributed by atoms with Gasteiger partial charge in [-0.15, -0.1) is 0 Å². The maximum atomic E-state index is 12.6. The Morgan fingerprint density at radius 3 is 2.79 bits per heavy atom. The maximum absolute atomic E-state index is 12.6. The Kier molecular flexibility index (Phi) is 6.21. The summed E-state index contributed by atoms with van der Waals surface area (Å²) >= 11 is 0. The van der Waals surface area contributed by atoms with Crippen molar-refractivity contribution in [1.82, 2.24) is 24.4 Å². The van der Waals surface area contributed by atoms with Gasteiger partial charge in [0.05, 0.1) is 12.2 Å². The molecular weight excluding hydrogens is 414 g/mol. The van der Waals surface area contributed by atoms with E-state index in [0.717, 1.165) is 30.3 Å². The molecule has 0 aromatic carbocycles. The van der Waals surface area contributed by atoms with Crippen LogP contribution in [0, 0.1) is 5.92 Å². The zero-order chi connectivity index (χ0) is 22.6. The van der Waals surface area contributed by atoms with Crippen molar-refractivity contribution in [3.8, 4) is 0 Å². The first-order valence-electron chi connectivity index (χ1n) is 11.7. The van der Waals surface area contributed by atoms with E-state index in [1.807, 2.05) is 28.8 Å². The van der Waals surface area contributed by atoms with Gasteiger partial charge in [-0.3, -0.25) is 14.0 Å². The molecule has 1 saturated carbocycles. The molecule has 1 amide bonds. The van der Waals surface area contributed by atoms with Gasteiger partial charge in [-0.25, -0.2) is 4.98 Å². The highest BCUT2D eigenvalue weighted by atomic mass is 16.2. The molecule has 1 fully saturated rings. The second-order valence-electron chi connectivity index (χ2n) is 8.93. The van der Waals surface area contributed by atoms with Gasteiger partial charge < -0.3 is 15.0 Å². The van der Waals surface area contributed by atoms with Gasteiger partial charge >= 0.3 is 0 Å². The molecule has 2 N–H and O–H groups in total. The minimum Gasteiger partial charge on any atom is -0.346 e. The highest BCUT2D eigenvalue weighted by Gasteiger charge is 2.13. The molecule has 4 aromatic rings. The number of rotatable bonds is 7. The van der Waals surface area contributed by atoms with E-state index >= 15 is 0 Å². The third-order valence-corrected chi connectivity index (χ3v) is 6.45. The summed E-state index contributed by atoms with van der Waals surface area (Å²) in [6.45, 7) is 2.22. The number of nitrogens with one attached hydrogen (secondary N) is 2. The molecule has 7 heteroatoms. The Labute approximate surface area is 192 Å². The number of hydrogen-bond donors (Lipinski definition) is 2.